The Morgan fingerprint density at radius 1 is 1.42 bits per heavy atom. The molecule has 1 aromatic rings. The Morgan fingerprint density at radius 2 is 2.11 bits per heavy atom. The number of rotatable bonds is 6. The smallest absolute Gasteiger partial charge is 0.251 e. The standard InChI is InChI=1S/C14H23N3O2/c1-5-16-13(18)10-6-7-12(11(15)8-10)17-14(2,3)9-19-4/h6-8,17H,5,9,15H2,1-4H3,(H,16,18). The lowest BCUT2D eigenvalue weighted by Gasteiger charge is -2.27. The van der Waals surface area contributed by atoms with Crippen molar-refractivity contribution in [1.82, 2.24) is 5.32 Å². The van der Waals surface area contributed by atoms with Gasteiger partial charge in [0.1, 0.15) is 0 Å². The van der Waals surface area contributed by atoms with Gasteiger partial charge >= 0.3 is 0 Å². The predicted molar refractivity (Wildman–Crippen MR) is 78.4 cm³/mol. The van der Waals surface area contributed by atoms with E-state index >= 15 is 0 Å². The van der Waals surface area contributed by atoms with Gasteiger partial charge in [-0.2, -0.15) is 0 Å². The summed E-state index contributed by atoms with van der Waals surface area (Å²) in [7, 11) is 1.66. The number of carbonyl (C=O) groups excluding carboxylic acids is 1. The highest BCUT2D eigenvalue weighted by Gasteiger charge is 2.18. The monoisotopic (exact) mass is 265 g/mol. The van der Waals surface area contributed by atoms with Crippen molar-refractivity contribution in [2.45, 2.75) is 26.3 Å². The van der Waals surface area contributed by atoms with Crippen LogP contribution in [-0.4, -0.2) is 31.7 Å². The number of carbonyl (C=O) groups is 1. The van der Waals surface area contributed by atoms with Gasteiger partial charge in [0.25, 0.3) is 5.91 Å². The molecule has 0 aromatic heterocycles. The third-order valence-electron chi connectivity index (χ3n) is 2.63. The number of nitrogen functional groups attached to an aromatic ring is 1. The highest BCUT2D eigenvalue weighted by atomic mass is 16.5. The first-order chi connectivity index (χ1) is 8.89. The maximum Gasteiger partial charge on any atom is 0.251 e. The van der Waals surface area contributed by atoms with Crippen LogP contribution in [-0.2, 0) is 4.74 Å². The maximum atomic E-state index is 11.7. The van der Waals surface area contributed by atoms with E-state index in [0.29, 0.717) is 24.4 Å². The molecule has 0 atom stereocenters. The van der Waals surface area contributed by atoms with Crippen molar-refractivity contribution in [3.63, 3.8) is 0 Å². The van der Waals surface area contributed by atoms with Gasteiger partial charge in [-0.1, -0.05) is 0 Å². The molecular formula is C14H23N3O2. The third kappa shape index (κ3) is 4.44. The zero-order chi connectivity index (χ0) is 14.5. The lowest BCUT2D eigenvalue weighted by atomic mass is 10.1. The van der Waals surface area contributed by atoms with Gasteiger partial charge in [0.2, 0.25) is 0 Å². The fraction of sp³-hybridized carbons (Fsp3) is 0.500. The van der Waals surface area contributed by atoms with Crippen LogP contribution in [0.2, 0.25) is 0 Å². The Hall–Kier alpha value is -1.75. The molecule has 0 aliphatic rings. The van der Waals surface area contributed by atoms with Gasteiger partial charge in [-0.15, -0.1) is 0 Å². The predicted octanol–water partition coefficient (Wildman–Crippen LogP) is 1.86. The van der Waals surface area contributed by atoms with Crippen LogP contribution in [0.1, 0.15) is 31.1 Å². The van der Waals surface area contributed by atoms with Crippen LogP contribution in [0, 0.1) is 0 Å². The van der Waals surface area contributed by atoms with E-state index in [4.69, 9.17) is 10.5 Å². The van der Waals surface area contributed by atoms with E-state index in [1.54, 1.807) is 19.2 Å². The van der Waals surface area contributed by atoms with Crippen LogP contribution in [0.3, 0.4) is 0 Å². The lowest BCUT2D eigenvalue weighted by Crippen LogP contribution is -2.36. The average Bonchev–Trinajstić information content (AvgIpc) is 2.31. The Bertz CT molecular complexity index is 444. The number of hydrogen-bond acceptors (Lipinski definition) is 4. The minimum absolute atomic E-state index is 0.114. The molecule has 0 spiro atoms. The van der Waals surface area contributed by atoms with Gasteiger partial charge in [0.15, 0.2) is 0 Å². The van der Waals surface area contributed by atoms with Crippen molar-refractivity contribution < 1.29 is 9.53 Å². The Labute approximate surface area is 114 Å². The molecule has 0 saturated heterocycles. The maximum absolute atomic E-state index is 11.7. The van der Waals surface area contributed by atoms with Crippen molar-refractivity contribution in [2.75, 3.05) is 31.3 Å². The Kier molecular flexibility index (Phi) is 5.18. The summed E-state index contributed by atoms with van der Waals surface area (Å²) >= 11 is 0. The molecule has 1 aromatic carbocycles. The second-order valence-corrected chi connectivity index (χ2v) is 5.10. The first-order valence-corrected chi connectivity index (χ1v) is 6.34. The molecule has 106 valence electrons. The van der Waals surface area contributed by atoms with E-state index in [0.717, 1.165) is 5.69 Å². The molecule has 5 nitrogen and oxygen atoms in total. The van der Waals surface area contributed by atoms with Crippen molar-refractivity contribution in [3.05, 3.63) is 23.8 Å². The second kappa shape index (κ2) is 6.43. The van der Waals surface area contributed by atoms with Crippen LogP contribution in [0.15, 0.2) is 18.2 Å². The quantitative estimate of drug-likeness (QED) is 0.686. The molecule has 1 rings (SSSR count). The number of amides is 1. The van der Waals surface area contributed by atoms with E-state index < -0.39 is 0 Å². The molecular weight excluding hydrogens is 242 g/mol. The Morgan fingerprint density at radius 3 is 2.63 bits per heavy atom. The summed E-state index contributed by atoms with van der Waals surface area (Å²) < 4.78 is 5.15. The van der Waals surface area contributed by atoms with Gasteiger partial charge in [0, 0.05) is 19.2 Å². The number of ether oxygens (including phenoxy) is 1. The number of anilines is 2. The van der Waals surface area contributed by atoms with Crippen molar-refractivity contribution in [3.8, 4) is 0 Å². The van der Waals surface area contributed by atoms with Crippen LogP contribution in [0.5, 0.6) is 0 Å². The van der Waals surface area contributed by atoms with Gasteiger partial charge < -0.3 is 21.1 Å². The average molecular weight is 265 g/mol. The molecule has 0 aliphatic heterocycles. The minimum Gasteiger partial charge on any atom is -0.397 e. The molecule has 5 heteroatoms. The van der Waals surface area contributed by atoms with E-state index in [1.807, 2.05) is 26.8 Å². The highest BCUT2D eigenvalue weighted by Crippen LogP contribution is 2.23. The van der Waals surface area contributed by atoms with E-state index in [1.165, 1.54) is 0 Å². The summed E-state index contributed by atoms with van der Waals surface area (Å²) in [6, 6.07) is 5.25. The molecule has 0 unspecified atom stereocenters. The zero-order valence-electron chi connectivity index (χ0n) is 12.0. The molecule has 1 amide bonds. The minimum atomic E-state index is -0.226. The number of benzene rings is 1. The zero-order valence-corrected chi connectivity index (χ0v) is 12.0. The third-order valence-corrected chi connectivity index (χ3v) is 2.63. The molecule has 0 heterocycles. The van der Waals surface area contributed by atoms with Gasteiger partial charge in [-0.3, -0.25) is 4.79 Å². The van der Waals surface area contributed by atoms with Crippen molar-refractivity contribution >= 4 is 17.3 Å². The number of hydrogen-bond donors (Lipinski definition) is 3. The topological polar surface area (TPSA) is 76.4 Å². The summed E-state index contributed by atoms with van der Waals surface area (Å²) in [4.78, 5) is 11.7. The molecule has 0 saturated carbocycles. The summed E-state index contributed by atoms with van der Waals surface area (Å²) in [5.74, 6) is -0.114. The summed E-state index contributed by atoms with van der Waals surface area (Å²) in [5, 5.41) is 6.05. The van der Waals surface area contributed by atoms with Crippen LogP contribution >= 0.6 is 0 Å². The normalized spacial score (nSPS) is 11.2. The molecule has 19 heavy (non-hydrogen) atoms. The van der Waals surface area contributed by atoms with Crippen LogP contribution < -0.4 is 16.4 Å². The number of nitrogens with two attached hydrogens (primary N) is 1. The van der Waals surface area contributed by atoms with E-state index in [2.05, 4.69) is 10.6 Å². The fourth-order valence-electron chi connectivity index (χ4n) is 1.84. The molecule has 0 aliphatic carbocycles. The summed E-state index contributed by atoms with van der Waals surface area (Å²) in [5.41, 5.74) is 7.66. The van der Waals surface area contributed by atoms with Crippen molar-refractivity contribution in [2.24, 2.45) is 0 Å². The van der Waals surface area contributed by atoms with Gasteiger partial charge in [-0.25, -0.2) is 0 Å². The van der Waals surface area contributed by atoms with E-state index in [9.17, 15) is 4.79 Å². The fourth-order valence-corrected chi connectivity index (χ4v) is 1.84. The van der Waals surface area contributed by atoms with Crippen molar-refractivity contribution in [1.29, 1.82) is 0 Å². The van der Waals surface area contributed by atoms with Gasteiger partial charge in [-0.05, 0) is 39.0 Å². The first kappa shape index (κ1) is 15.3. The highest BCUT2D eigenvalue weighted by molar-refractivity contribution is 5.96. The molecule has 0 radical (unpaired) electrons. The second-order valence-electron chi connectivity index (χ2n) is 5.10. The number of nitrogens with one attached hydrogen (secondary N) is 2. The Balaban J connectivity index is 2.86. The SMILES string of the molecule is CCNC(=O)c1ccc(NC(C)(C)COC)c(N)c1. The molecule has 0 fully saturated rings. The first-order valence-electron chi connectivity index (χ1n) is 6.34. The van der Waals surface area contributed by atoms with Gasteiger partial charge in [0.05, 0.1) is 23.5 Å². The summed E-state index contributed by atoms with van der Waals surface area (Å²) in [6.07, 6.45) is 0. The lowest BCUT2D eigenvalue weighted by molar-refractivity contribution is 0.0956. The van der Waals surface area contributed by atoms with Crippen LogP contribution in [0.4, 0.5) is 11.4 Å². The van der Waals surface area contributed by atoms with E-state index in [-0.39, 0.29) is 11.4 Å². The van der Waals surface area contributed by atoms with Crippen LogP contribution in [0.25, 0.3) is 0 Å². The molecule has 4 N–H and O–H groups in total. The largest absolute Gasteiger partial charge is 0.397 e. The molecule has 0 bridgehead atoms. The summed E-state index contributed by atoms with van der Waals surface area (Å²) in [6.45, 7) is 7.08. The number of methoxy groups -OCH3 is 1.